The lowest BCUT2D eigenvalue weighted by atomic mass is 10.1. The van der Waals surface area contributed by atoms with Gasteiger partial charge in [-0.25, -0.2) is 0 Å². The van der Waals surface area contributed by atoms with Gasteiger partial charge in [-0.15, -0.1) is 0 Å². The highest BCUT2D eigenvalue weighted by Crippen LogP contribution is 2.29. The van der Waals surface area contributed by atoms with Gasteiger partial charge in [0.05, 0.1) is 12.2 Å². The lowest BCUT2D eigenvalue weighted by Gasteiger charge is -2.06. The molecule has 3 rings (SSSR count). The normalized spacial score (nSPS) is 12.3. The number of halogens is 3. The molecule has 3 aromatic rings. The Labute approximate surface area is 162 Å². The highest BCUT2D eigenvalue weighted by molar-refractivity contribution is 7.87. The van der Waals surface area contributed by atoms with E-state index in [1.165, 1.54) is 30.5 Å². The molecule has 9 nitrogen and oxygen atoms in total. The van der Waals surface area contributed by atoms with Gasteiger partial charge in [0.25, 0.3) is 0 Å². The molecule has 0 aliphatic carbocycles. The van der Waals surface area contributed by atoms with Crippen molar-refractivity contribution in [3.63, 3.8) is 0 Å². The molecule has 0 spiro atoms. The number of benzene rings is 1. The predicted molar refractivity (Wildman–Crippen MR) is 93.1 cm³/mol. The second-order valence-electron chi connectivity index (χ2n) is 6.02. The number of rotatable bonds is 6. The lowest BCUT2D eigenvalue weighted by Crippen LogP contribution is -2.34. The number of nitrogens with one attached hydrogen (secondary N) is 1. The molecule has 0 saturated heterocycles. The third-order valence-electron chi connectivity index (χ3n) is 3.92. The number of hydrogen-bond acceptors (Lipinski definition) is 7. The Hall–Kier alpha value is -3.06. The molecule has 1 N–H and O–H groups in total. The van der Waals surface area contributed by atoms with Crippen molar-refractivity contribution in [1.82, 2.24) is 24.0 Å². The van der Waals surface area contributed by atoms with Crippen molar-refractivity contribution in [2.45, 2.75) is 20.0 Å². The molecular weight excluding hydrogens is 415 g/mol. The van der Waals surface area contributed by atoms with E-state index in [0.717, 1.165) is 4.09 Å². The van der Waals surface area contributed by atoms with Crippen LogP contribution in [0.2, 0.25) is 0 Å². The number of alkyl halides is 3. The van der Waals surface area contributed by atoms with Gasteiger partial charge in [-0.2, -0.15) is 40.5 Å². The monoisotopic (exact) mass is 429 g/mol. The van der Waals surface area contributed by atoms with Crippen LogP contribution in [0.3, 0.4) is 0 Å². The zero-order valence-corrected chi connectivity index (χ0v) is 15.9. The van der Waals surface area contributed by atoms with Crippen LogP contribution in [0.1, 0.15) is 27.5 Å². The van der Waals surface area contributed by atoms with Crippen LogP contribution >= 0.6 is 0 Å². The fraction of sp³-hybridized carbons (Fsp3) is 0.250. The first-order valence-electron chi connectivity index (χ1n) is 8.05. The summed E-state index contributed by atoms with van der Waals surface area (Å²) in [6, 6.07) is 5.29. The topological polar surface area (TPSA) is 120 Å². The summed E-state index contributed by atoms with van der Waals surface area (Å²) in [6.07, 6.45) is -3.44. The van der Waals surface area contributed by atoms with Crippen molar-refractivity contribution < 1.29 is 30.9 Å². The van der Waals surface area contributed by atoms with Crippen LogP contribution in [0.15, 0.2) is 35.0 Å². The number of Topliss-reactive ketones (excluding diaryl/α,β-unsaturated/α-hetero) is 1. The number of hydrogen-bond donors (Lipinski definition) is 1. The van der Waals surface area contributed by atoms with Gasteiger partial charge in [0.1, 0.15) is 0 Å². The standard InChI is InChI=1S/C16H14F3N5O4S/c1-9-8-24(22-10(9)2)29(26,27)20-7-13(25)11-3-5-12(6-4-11)14-21-15(28-23-14)16(17,18)19/h3-6,8,20H,7H2,1-2H3. The third-order valence-corrected chi connectivity index (χ3v) is 5.11. The molecule has 13 heteroatoms. The fourth-order valence-electron chi connectivity index (χ4n) is 2.22. The van der Waals surface area contributed by atoms with E-state index >= 15 is 0 Å². The summed E-state index contributed by atoms with van der Waals surface area (Å²) in [5.41, 5.74) is 1.55. The lowest BCUT2D eigenvalue weighted by molar-refractivity contribution is -0.159. The van der Waals surface area contributed by atoms with Gasteiger partial charge in [-0.1, -0.05) is 29.4 Å². The number of carbonyl (C=O) groups excluding carboxylic acids is 1. The highest BCUT2D eigenvalue weighted by Gasteiger charge is 2.38. The fourth-order valence-corrected chi connectivity index (χ4v) is 3.20. The number of aryl methyl sites for hydroxylation is 2. The van der Waals surface area contributed by atoms with E-state index in [2.05, 4.69) is 24.5 Å². The molecule has 0 unspecified atom stereocenters. The van der Waals surface area contributed by atoms with Gasteiger partial charge < -0.3 is 4.52 Å². The average Bonchev–Trinajstić information content (AvgIpc) is 3.28. The molecule has 2 heterocycles. The van der Waals surface area contributed by atoms with Gasteiger partial charge in [-0.3, -0.25) is 4.79 Å². The Bertz CT molecular complexity index is 1130. The highest BCUT2D eigenvalue weighted by atomic mass is 32.2. The minimum absolute atomic E-state index is 0.142. The molecule has 0 bridgehead atoms. The molecule has 0 amide bonds. The van der Waals surface area contributed by atoms with Crippen molar-refractivity contribution in [2.24, 2.45) is 0 Å². The average molecular weight is 429 g/mol. The largest absolute Gasteiger partial charge is 0.471 e. The first kappa shape index (κ1) is 20.7. The molecule has 0 fully saturated rings. The maximum atomic E-state index is 12.5. The first-order chi connectivity index (χ1) is 13.5. The van der Waals surface area contributed by atoms with Crippen molar-refractivity contribution in [1.29, 1.82) is 0 Å². The molecule has 0 atom stereocenters. The zero-order chi connectivity index (χ0) is 21.4. The molecular formula is C16H14F3N5O4S. The van der Waals surface area contributed by atoms with E-state index in [9.17, 15) is 26.4 Å². The van der Waals surface area contributed by atoms with Crippen LogP contribution in [0.5, 0.6) is 0 Å². The molecule has 0 aliphatic heterocycles. The second-order valence-corrected chi connectivity index (χ2v) is 7.63. The zero-order valence-electron chi connectivity index (χ0n) is 15.1. The van der Waals surface area contributed by atoms with E-state index < -0.39 is 34.6 Å². The molecule has 29 heavy (non-hydrogen) atoms. The Balaban J connectivity index is 1.68. The predicted octanol–water partition coefficient (Wildman–Crippen LogP) is 2.13. The van der Waals surface area contributed by atoms with Crippen molar-refractivity contribution in [3.05, 3.63) is 53.2 Å². The van der Waals surface area contributed by atoms with Gasteiger partial charge in [0.15, 0.2) is 5.78 Å². The Kier molecular flexibility index (Phi) is 5.28. The van der Waals surface area contributed by atoms with Crippen LogP contribution < -0.4 is 4.72 Å². The molecule has 0 radical (unpaired) electrons. The van der Waals surface area contributed by atoms with Crippen LogP contribution in [0, 0.1) is 13.8 Å². The minimum Gasteiger partial charge on any atom is -0.329 e. The van der Waals surface area contributed by atoms with E-state index in [1.807, 2.05) is 0 Å². The van der Waals surface area contributed by atoms with E-state index in [-0.39, 0.29) is 17.0 Å². The molecule has 2 aromatic heterocycles. The Morgan fingerprint density at radius 1 is 1.21 bits per heavy atom. The van der Waals surface area contributed by atoms with E-state index in [4.69, 9.17) is 0 Å². The number of ketones is 1. The Morgan fingerprint density at radius 2 is 1.86 bits per heavy atom. The maximum absolute atomic E-state index is 12.5. The van der Waals surface area contributed by atoms with Crippen LogP contribution in [-0.4, -0.2) is 40.1 Å². The summed E-state index contributed by atoms with van der Waals surface area (Å²) in [4.78, 5) is 15.5. The van der Waals surface area contributed by atoms with Crippen LogP contribution in [0.25, 0.3) is 11.4 Å². The number of aromatic nitrogens is 4. The molecule has 0 saturated carbocycles. The minimum atomic E-state index is -4.76. The summed E-state index contributed by atoms with van der Waals surface area (Å²) in [7, 11) is -4.03. The first-order valence-corrected chi connectivity index (χ1v) is 9.49. The SMILES string of the molecule is Cc1cn(S(=O)(=O)NCC(=O)c2ccc(-c3noc(C(F)(F)F)n3)cc2)nc1C. The number of carbonyl (C=O) groups is 1. The van der Waals surface area contributed by atoms with Crippen molar-refractivity contribution in [2.75, 3.05) is 6.54 Å². The van der Waals surface area contributed by atoms with Gasteiger partial charge in [-0.05, 0) is 19.4 Å². The van der Waals surface area contributed by atoms with E-state index in [1.54, 1.807) is 13.8 Å². The second kappa shape index (κ2) is 7.40. The van der Waals surface area contributed by atoms with Crippen LogP contribution in [0.4, 0.5) is 13.2 Å². The number of nitrogens with zero attached hydrogens (tertiary/aromatic N) is 4. The summed E-state index contributed by atoms with van der Waals surface area (Å²) in [6.45, 7) is 2.82. The van der Waals surface area contributed by atoms with Gasteiger partial charge in [0.2, 0.25) is 5.82 Å². The summed E-state index contributed by atoms with van der Waals surface area (Å²) in [5.74, 6) is -2.32. The summed E-state index contributed by atoms with van der Waals surface area (Å²) >= 11 is 0. The summed E-state index contributed by atoms with van der Waals surface area (Å²) in [5, 5.41) is 7.10. The molecule has 1 aromatic carbocycles. The summed E-state index contributed by atoms with van der Waals surface area (Å²) < 4.78 is 68.9. The van der Waals surface area contributed by atoms with E-state index in [0.29, 0.717) is 11.3 Å². The quantitative estimate of drug-likeness (QED) is 0.596. The van der Waals surface area contributed by atoms with Crippen molar-refractivity contribution in [3.8, 4) is 11.4 Å². The van der Waals surface area contributed by atoms with Gasteiger partial charge in [0, 0.05) is 17.3 Å². The van der Waals surface area contributed by atoms with Gasteiger partial charge >= 0.3 is 22.3 Å². The Morgan fingerprint density at radius 3 is 2.38 bits per heavy atom. The third kappa shape index (κ3) is 4.51. The van der Waals surface area contributed by atoms with Crippen LogP contribution in [-0.2, 0) is 16.4 Å². The van der Waals surface area contributed by atoms with Crippen molar-refractivity contribution >= 4 is 16.0 Å². The molecule has 154 valence electrons. The maximum Gasteiger partial charge on any atom is 0.471 e. The molecule has 0 aliphatic rings. The smallest absolute Gasteiger partial charge is 0.329 e.